The van der Waals surface area contributed by atoms with Crippen LogP contribution in [0.4, 0.5) is 18.9 Å². The van der Waals surface area contributed by atoms with Gasteiger partial charge in [0.05, 0.1) is 18.1 Å². The largest absolute Gasteiger partial charge is 0.451 e. The van der Waals surface area contributed by atoms with Gasteiger partial charge in [0.1, 0.15) is 0 Å². The Kier molecular flexibility index (Phi) is 4.49. The third kappa shape index (κ3) is 4.18. The number of anilines is 1. The summed E-state index contributed by atoms with van der Waals surface area (Å²) in [7, 11) is 0. The number of carbonyl (C=O) groups is 1. The molecule has 0 atom stereocenters. The number of halogens is 3. The lowest BCUT2D eigenvalue weighted by Gasteiger charge is -2.22. The van der Waals surface area contributed by atoms with Gasteiger partial charge in [-0.15, -0.1) is 0 Å². The number of aromatic nitrogens is 2. The maximum Gasteiger partial charge on any atom is 0.451 e. The van der Waals surface area contributed by atoms with Crippen LogP contribution in [0.5, 0.6) is 0 Å². The van der Waals surface area contributed by atoms with Gasteiger partial charge in [-0.2, -0.15) is 13.2 Å². The van der Waals surface area contributed by atoms with Crippen LogP contribution in [0.1, 0.15) is 39.4 Å². The van der Waals surface area contributed by atoms with E-state index in [0.717, 1.165) is 18.8 Å². The first kappa shape index (κ1) is 15.4. The summed E-state index contributed by atoms with van der Waals surface area (Å²) >= 11 is 0. The van der Waals surface area contributed by atoms with Crippen LogP contribution in [0, 0.1) is 5.41 Å². The van der Waals surface area contributed by atoms with Crippen LogP contribution >= 0.6 is 0 Å². The molecule has 0 aliphatic rings. The van der Waals surface area contributed by atoms with Gasteiger partial charge in [-0.3, -0.25) is 4.79 Å². The second kappa shape index (κ2) is 5.54. The van der Waals surface area contributed by atoms with E-state index in [0.29, 0.717) is 6.42 Å². The summed E-state index contributed by atoms with van der Waals surface area (Å²) in [5.74, 6) is -1.49. The third-order valence-corrected chi connectivity index (χ3v) is 2.65. The lowest BCUT2D eigenvalue weighted by Crippen LogP contribution is -2.30. The van der Waals surface area contributed by atoms with E-state index in [-0.39, 0.29) is 11.6 Å². The molecule has 0 radical (unpaired) electrons. The highest BCUT2D eigenvalue weighted by molar-refractivity contribution is 5.94. The van der Waals surface area contributed by atoms with E-state index in [9.17, 15) is 18.0 Å². The lowest BCUT2D eigenvalue weighted by atomic mass is 9.87. The summed E-state index contributed by atoms with van der Waals surface area (Å²) in [6.45, 7) is 5.50. The number of hydrogen-bond donors (Lipinski definition) is 1. The van der Waals surface area contributed by atoms with Crippen molar-refractivity contribution in [3.63, 3.8) is 0 Å². The average Bonchev–Trinajstić information content (AvgIpc) is 2.28. The maximum absolute atomic E-state index is 12.3. The van der Waals surface area contributed by atoms with Crippen molar-refractivity contribution in [3.8, 4) is 0 Å². The second-order valence-corrected chi connectivity index (χ2v) is 4.88. The zero-order valence-corrected chi connectivity index (χ0v) is 11.0. The minimum atomic E-state index is -4.58. The minimum Gasteiger partial charge on any atom is -0.323 e. The van der Waals surface area contributed by atoms with Crippen molar-refractivity contribution in [2.45, 2.75) is 39.8 Å². The fourth-order valence-electron chi connectivity index (χ4n) is 1.58. The first-order valence-electron chi connectivity index (χ1n) is 5.87. The topological polar surface area (TPSA) is 54.9 Å². The number of alkyl halides is 3. The summed E-state index contributed by atoms with van der Waals surface area (Å²) in [6, 6.07) is 0. The van der Waals surface area contributed by atoms with Crippen molar-refractivity contribution in [3.05, 3.63) is 18.2 Å². The molecule has 0 saturated carbocycles. The molecular formula is C12H16F3N3O. The maximum atomic E-state index is 12.3. The van der Waals surface area contributed by atoms with Crippen LogP contribution in [-0.2, 0) is 11.0 Å². The monoisotopic (exact) mass is 275 g/mol. The van der Waals surface area contributed by atoms with Gasteiger partial charge < -0.3 is 5.32 Å². The van der Waals surface area contributed by atoms with Crippen LogP contribution in [0.25, 0.3) is 0 Å². The summed E-state index contributed by atoms with van der Waals surface area (Å²) in [4.78, 5) is 18.3. The number of amides is 1. The molecule has 0 aliphatic carbocycles. The van der Waals surface area contributed by atoms with Crippen LogP contribution in [0.15, 0.2) is 12.4 Å². The summed E-state index contributed by atoms with van der Waals surface area (Å²) in [5, 5.41) is 2.51. The van der Waals surface area contributed by atoms with Gasteiger partial charge >= 0.3 is 6.18 Å². The van der Waals surface area contributed by atoms with E-state index in [1.165, 1.54) is 0 Å². The van der Waals surface area contributed by atoms with Crippen molar-refractivity contribution in [1.29, 1.82) is 0 Å². The normalized spacial score (nSPS) is 12.3. The third-order valence-electron chi connectivity index (χ3n) is 2.65. The van der Waals surface area contributed by atoms with E-state index in [2.05, 4.69) is 15.3 Å². The molecule has 1 amide bonds. The number of nitrogens with one attached hydrogen (secondary N) is 1. The molecule has 0 bridgehead atoms. The highest BCUT2D eigenvalue weighted by Crippen LogP contribution is 2.27. The van der Waals surface area contributed by atoms with Crippen molar-refractivity contribution in [1.82, 2.24) is 9.97 Å². The molecular weight excluding hydrogens is 259 g/mol. The number of rotatable bonds is 4. The Hall–Kier alpha value is -1.66. The molecule has 0 aliphatic heterocycles. The predicted molar refractivity (Wildman–Crippen MR) is 64.4 cm³/mol. The van der Waals surface area contributed by atoms with Crippen LogP contribution in [-0.4, -0.2) is 15.9 Å². The van der Waals surface area contributed by atoms with E-state index in [1.807, 2.05) is 6.92 Å². The fourth-order valence-corrected chi connectivity index (χ4v) is 1.58. The van der Waals surface area contributed by atoms with Crippen LogP contribution in [0.3, 0.4) is 0 Å². The van der Waals surface area contributed by atoms with E-state index >= 15 is 0 Å². The Balaban J connectivity index is 2.76. The Labute approximate surface area is 109 Å². The number of hydrogen-bond acceptors (Lipinski definition) is 3. The van der Waals surface area contributed by atoms with Gasteiger partial charge in [0.15, 0.2) is 0 Å². The van der Waals surface area contributed by atoms with Crippen LogP contribution in [0.2, 0.25) is 0 Å². The van der Waals surface area contributed by atoms with Crippen molar-refractivity contribution < 1.29 is 18.0 Å². The molecule has 0 aromatic carbocycles. The van der Waals surface area contributed by atoms with E-state index in [1.54, 1.807) is 13.8 Å². The molecule has 1 aromatic heterocycles. The zero-order valence-electron chi connectivity index (χ0n) is 11.0. The van der Waals surface area contributed by atoms with E-state index < -0.39 is 17.4 Å². The van der Waals surface area contributed by atoms with Gasteiger partial charge in [-0.1, -0.05) is 27.2 Å². The molecule has 4 nitrogen and oxygen atoms in total. The van der Waals surface area contributed by atoms with Gasteiger partial charge in [-0.05, 0) is 6.42 Å². The Morgan fingerprint density at radius 1 is 1.26 bits per heavy atom. The molecule has 0 saturated heterocycles. The molecule has 1 heterocycles. The van der Waals surface area contributed by atoms with Crippen LogP contribution < -0.4 is 5.32 Å². The minimum absolute atomic E-state index is 0.155. The molecule has 1 rings (SSSR count). The molecule has 0 fully saturated rings. The molecule has 0 spiro atoms. The molecule has 1 aromatic rings. The highest BCUT2D eigenvalue weighted by atomic mass is 19.4. The summed E-state index contributed by atoms with van der Waals surface area (Å²) in [6.07, 6.45) is -1.15. The lowest BCUT2D eigenvalue weighted by molar-refractivity contribution is -0.144. The summed E-state index contributed by atoms with van der Waals surface area (Å²) < 4.78 is 36.8. The zero-order chi connectivity index (χ0) is 14.7. The molecule has 106 valence electrons. The van der Waals surface area contributed by atoms with Gasteiger partial charge in [0.25, 0.3) is 0 Å². The predicted octanol–water partition coefficient (Wildman–Crippen LogP) is 3.26. The Morgan fingerprint density at radius 3 is 2.21 bits per heavy atom. The Bertz CT molecular complexity index is 441. The Morgan fingerprint density at radius 2 is 1.79 bits per heavy atom. The molecule has 1 N–H and O–H groups in total. The van der Waals surface area contributed by atoms with Gasteiger partial charge in [-0.25, -0.2) is 9.97 Å². The number of carbonyl (C=O) groups excluding carboxylic acids is 1. The molecule has 19 heavy (non-hydrogen) atoms. The van der Waals surface area contributed by atoms with E-state index in [4.69, 9.17) is 0 Å². The SMILES string of the molecule is CCCC(C)(C)C(=O)Nc1cnc(C(F)(F)F)nc1. The molecule has 0 unspecified atom stereocenters. The van der Waals surface area contributed by atoms with Crippen molar-refractivity contribution in [2.75, 3.05) is 5.32 Å². The van der Waals surface area contributed by atoms with Gasteiger partial charge in [0, 0.05) is 5.41 Å². The van der Waals surface area contributed by atoms with Crippen molar-refractivity contribution >= 4 is 11.6 Å². The molecule has 7 heteroatoms. The summed E-state index contributed by atoms with van der Waals surface area (Å²) in [5.41, 5.74) is -0.431. The quantitative estimate of drug-likeness (QED) is 0.917. The second-order valence-electron chi connectivity index (χ2n) is 4.88. The first-order valence-corrected chi connectivity index (χ1v) is 5.87. The first-order chi connectivity index (χ1) is 8.66. The van der Waals surface area contributed by atoms with Crippen molar-refractivity contribution in [2.24, 2.45) is 5.41 Å². The fraction of sp³-hybridized carbons (Fsp3) is 0.583. The highest BCUT2D eigenvalue weighted by Gasteiger charge is 2.34. The van der Waals surface area contributed by atoms with Gasteiger partial charge in [0.2, 0.25) is 11.7 Å². The average molecular weight is 275 g/mol. The standard InChI is InChI=1S/C12H16F3N3O/c1-4-5-11(2,3)10(19)18-8-6-16-9(17-7-8)12(13,14)15/h6-7H,4-5H2,1-3H3,(H,18,19). The smallest absolute Gasteiger partial charge is 0.323 e. The number of nitrogens with zero attached hydrogens (tertiary/aromatic N) is 2.